The van der Waals surface area contributed by atoms with Gasteiger partial charge in [-0.25, -0.2) is 12.7 Å². The molecule has 0 spiro atoms. The first-order valence-electron chi connectivity index (χ1n) is 5.76. The number of nitrogens with zero attached hydrogens (tertiary/aromatic N) is 1. The van der Waals surface area contributed by atoms with E-state index in [0.29, 0.717) is 13.1 Å². The summed E-state index contributed by atoms with van der Waals surface area (Å²) >= 11 is 0. The third-order valence-corrected chi connectivity index (χ3v) is 4.65. The van der Waals surface area contributed by atoms with Crippen molar-refractivity contribution in [3.05, 3.63) is 0 Å². The number of nitrogens with two attached hydrogens (primary N) is 1. The largest absolute Gasteiger partial charge is 0.465 e. The van der Waals surface area contributed by atoms with Crippen LogP contribution in [-0.4, -0.2) is 50.2 Å². The van der Waals surface area contributed by atoms with Gasteiger partial charge in [0.05, 0.1) is 6.61 Å². The normalized spacial score (nSPS) is 23.6. The van der Waals surface area contributed by atoms with Gasteiger partial charge in [-0.05, 0) is 26.2 Å². The molecule has 6 nitrogen and oxygen atoms in total. The van der Waals surface area contributed by atoms with Crippen molar-refractivity contribution in [3.8, 4) is 0 Å². The number of rotatable bonds is 5. The molecule has 2 atom stereocenters. The van der Waals surface area contributed by atoms with Gasteiger partial charge in [-0.15, -0.1) is 0 Å². The number of carbonyl (C=O) groups excluding carboxylic acids is 1. The first kappa shape index (κ1) is 14.4. The van der Waals surface area contributed by atoms with Crippen molar-refractivity contribution in [3.63, 3.8) is 0 Å². The Balaban J connectivity index is 2.58. The van der Waals surface area contributed by atoms with Gasteiger partial charge in [-0.1, -0.05) is 0 Å². The van der Waals surface area contributed by atoms with Crippen LogP contribution in [0.5, 0.6) is 0 Å². The lowest BCUT2D eigenvalue weighted by atomic mass is 10.0. The van der Waals surface area contributed by atoms with E-state index in [-0.39, 0.29) is 18.6 Å². The fourth-order valence-electron chi connectivity index (χ4n) is 1.88. The van der Waals surface area contributed by atoms with Crippen molar-refractivity contribution in [2.24, 2.45) is 11.7 Å². The van der Waals surface area contributed by atoms with Crippen molar-refractivity contribution in [1.82, 2.24) is 4.31 Å². The van der Waals surface area contributed by atoms with Crippen LogP contribution in [0, 0.1) is 5.92 Å². The van der Waals surface area contributed by atoms with Gasteiger partial charge in [0.2, 0.25) is 10.0 Å². The monoisotopic (exact) mass is 264 g/mol. The van der Waals surface area contributed by atoms with Crippen LogP contribution in [0.25, 0.3) is 0 Å². The first-order chi connectivity index (χ1) is 7.86. The molecule has 1 saturated heterocycles. The van der Waals surface area contributed by atoms with Gasteiger partial charge in [-0.3, -0.25) is 4.79 Å². The molecule has 100 valence electrons. The molecule has 0 aromatic heterocycles. The van der Waals surface area contributed by atoms with E-state index in [1.54, 1.807) is 6.92 Å². The summed E-state index contributed by atoms with van der Waals surface area (Å²) < 4.78 is 29.7. The highest BCUT2D eigenvalue weighted by Gasteiger charge is 2.34. The predicted octanol–water partition coefficient (Wildman–Crippen LogP) is -0.452. The summed E-state index contributed by atoms with van der Waals surface area (Å²) in [7, 11) is -3.54. The Bertz CT molecular complexity index is 367. The van der Waals surface area contributed by atoms with Crippen LogP contribution in [0.4, 0.5) is 0 Å². The van der Waals surface area contributed by atoms with E-state index in [1.807, 2.05) is 6.92 Å². The Labute approximate surface area is 102 Å². The molecule has 1 aliphatic heterocycles. The van der Waals surface area contributed by atoms with Gasteiger partial charge < -0.3 is 10.5 Å². The van der Waals surface area contributed by atoms with Gasteiger partial charge in [-0.2, -0.15) is 0 Å². The average Bonchev–Trinajstić information content (AvgIpc) is 2.65. The highest BCUT2D eigenvalue weighted by molar-refractivity contribution is 7.89. The van der Waals surface area contributed by atoms with E-state index in [9.17, 15) is 13.2 Å². The fourth-order valence-corrected chi connectivity index (χ4v) is 3.24. The topological polar surface area (TPSA) is 89.7 Å². The molecule has 0 amide bonds. The van der Waals surface area contributed by atoms with Crippen molar-refractivity contribution in [2.45, 2.75) is 26.3 Å². The van der Waals surface area contributed by atoms with Gasteiger partial charge in [0.25, 0.3) is 0 Å². The van der Waals surface area contributed by atoms with E-state index >= 15 is 0 Å². The number of carbonyl (C=O) groups is 1. The number of hydrogen-bond acceptors (Lipinski definition) is 5. The van der Waals surface area contributed by atoms with Crippen molar-refractivity contribution < 1.29 is 17.9 Å². The molecule has 0 aromatic rings. The molecule has 2 unspecified atom stereocenters. The highest BCUT2D eigenvalue weighted by Crippen LogP contribution is 2.21. The van der Waals surface area contributed by atoms with Gasteiger partial charge in [0.15, 0.2) is 5.75 Å². The van der Waals surface area contributed by atoms with Crippen LogP contribution in [-0.2, 0) is 19.6 Å². The van der Waals surface area contributed by atoms with Gasteiger partial charge >= 0.3 is 5.97 Å². The fraction of sp³-hybridized carbons (Fsp3) is 0.900. The summed E-state index contributed by atoms with van der Waals surface area (Å²) in [6, 6.07) is -0.0298. The summed E-state index contributed by atoms with van der Waals surface area (Å²) in [5.74, 6) is -1.10. The van der Waals surface area contributed by atoms with Crippen molar-refractivity contribution >= 4 is 16.0 Å². The number of hydrogen-bond donors (Lipinski definition) is 1. The lowest BCUT2D eigenvalue weighted by Gasteiger charge is -2.17. The zero-order valence-electron chi connectivity index (χ0n) is 10.3. The van der Waals surface area contributed by atoms with Gasteiger partial charge in [0.1, 0.15) is 0 Å². The Morgan fingerprint density at radius 2 is 2.24 bits per heavy atom. The SMILES string of the molecule is CCOC(=O)CS(=O)(=O)N1CCC(C(C)N)C1. The summed E-state index contributed by atoms with van der Waals surface area (Å²) in [4.78, 5) is 11.2. The average molecular weight is 264 g/mol. The maximum Gasteiger partial charge on any atom is 0.322 e. The van der Waals surface area contributed by atoms with Crippen LogP contribution < -0.4 is 5.73 Å². The third kappa shape index (κ3) is 3.93. The number of esters is 1. The van der Waals surface area contributed by atoms with Gasteiger partial charge in [0, 0.05) is 19.1 Å². The minimum absolute atomic E-state index is 0.0298. The number of ether oxygens (including phenoxy) is 1. The molecule has 0 radical (unpaired) electrons. The molecule has 2 N–H and O–H groups in total. The summed E-state index contributed by atoms with van der Waals surface area (Å²) in [5, 5.41) is 0. The van der Waals surface area contributed by atoms with Crippen LogP contribution in [0.1, 0.15) is 20.3 Å². The molecule has 1 aliphatic rings. The maximum absolute atomic E-state index is 11.9. The molecular weight excluding hydrogens is 244 g/mol. The Morgan fingerprint density at radius 3 is 2.71 bits per heavy atom. The second kappa shape index (κ2) is 5.79. The van der Waals surface area contributed by atoms with Crippen LogP contribution in [0.3, 0.4) is 0 Å². The maximum atomic E-state index is 11.9. The quantitative estimate of drug-likeness (QED) is 0.679. The van der Waals surface area contributed by atoms with E-state index in [0.717, 1.165) is 6.42 Å². The smallest absolute Gasteiger partial charge is 0.322 e. The molecule has 1 heterocycles. The van der Waals surface area contributed by atoms with Crippen molar-refractivity contribution in [2.75, 3.05) is 25.4 Å². The first-order valence-corrected chi connectivity index (χ1v) is 7.36. The van der Waals surface area contributed by atoms with Crippen molar-refractivity contribution in [1.29, 1.82) is 0 Å². The van der Waals surface area contributed by atoms with Crippen LogP contribution >= 0.6 is 0 Å². The molecule has 0 aliphatic carbocycles. The number of sulfonamides is 1. The Morgan fingerprint density at radius 1 is 1.59 bits per heavy atom. The summed E-state index contributed by atoms with van der Waals surface area (Å²) in [6.07, 6.45) is 0.750. The Kier molecular flexibility index (Phi) is 4.91. The zero-order chi connectivity index (χ0) is 13.1. The second-order valence-corrected chi connectivity index (χ2v) is 6.30. The lowest BCUT2D eigenvalue weighted by Crippen LogP contribution is -2.36. The van der Waals surface area contributed by atoms with E-state index < -0.39 is 21.7 Å². The Hall–Kier alpha value is -0.660. The molecule has 1 fully saturated rings. The highest BCUT2D eigenvalue weighted by atomic mass is 32.2. The second-order valence-electron chi connectivity index (χ2n) is 4.33. The molecule has 7 heteroatoms. The van der Waals surface area contributed by atoms with Crippen LogP contribution in [0.2, 0.25) is 0 Å². The minimum Gasteiger partial charge on any atom is -0.465 e. The standard InChI is InChI=1S/C10H20N2O4S/c1-3-16-10(13)7-17(14,15)12-5-4-9(6-12)8(2)11/h8-9H,3-7,11H2,1-2H3. The summed E-state index contributed by atoms with van der Waals surface area (Å²) in [6.45, 7) is 4.54. The predicted molar refractivity (Wildman–Crippen MR) is 63.7 cm³/mol. The molecule has 1 rings (SSSR count). The van der Waals surface area contributed by atoms with Crippen LogP contribution in [0.15, 0.2) is 0 Å². The lowest BCUT2D eigenvalue weighted by molar-refractivity contribution is -0.140. The van der Waals surface area contributed by atoms with E-state index in [1.165, 1.54) is 4.31 Å². The molecular formula is C10H20N2O4S. The summed E-state index contributed by atoms with van der Waals surface area (Å²) in [5.41, 5.74) is 5.74. The zero-order valence-corrected chi connectivity index (χ0v) is 11.1. The molecule has 0 saturated carbocycles. The third-order valence-electron chi connectivity index (χ3n) is 2.93. The molecule has 0 aromatic carbocycles. The molecule has 0 bridgehead atoms. The minimum atomic E-state index is -3.54. The van der Waals surface area contributed by atoms with E-state index in [4.69, 9.17) is 5.73 Å². The molecule has 17 heavy (non-hydrogen) atoms. The van der Waals surface area contributed by atoms with E-state index in [2.05, 4.69) is 4.74 Å².